The molecule has 0 saturated carbocycles. The Morgan fingerprint density at radius 2 is 2.29 bits per heavy atom. The van der Waals surface area contributed by atoms with E-state index < -0.39 is 0 Å². The average Bonchev–Trinajstić information content (AvgIpc) is 2.69. The Hall–Kier alpha value is -1.35. The third kappa shape index (κ3) is 1.77. The third-order valence-corrected chi connectivity index (χ3v) is 2.13. The van der Waals surface area contributed by atoms with Gasteiger partial charge in [0, 0.05) is 11.9 Å². The molecule has 0 spiro atoms. The molecular weight excluding hydrogens is 198 g/mol. The van der Waals surface area contributed by atoms with Crippen LogP contribution in [0.3, 0.4) is 0 Å². The first-order valence-corrected chi connectivity index (χ1v) is 4.87. The fourth-order valence-electron chi connectivity index (χ4n) is 1.32. The zero-order chi connectivity index (χ0) is 9.97. The van der Waals surface area contributed by atoms with Crippen molar-refractivity contribution in [2.75, 3.05) is 0 Å². The molecule has 0 aliphatic rings. The lowest BCUT2D eigenvalue weighted by Crippen LogP contribution is -1.96. The first-order valence-electron chi connectivity index (χ1n) is 4.34. The summed E-state index contributed by atoms with van der Waals surface area (Å²) in [6, 6.07) is 5.84. The number of aromatic amines is 1. The van der Waals surface area contributed by atoms with Crippen LogP contribution in [-0.4, -0.2) is 15.0 Å². The molecule has 72 valence electrons. The SMILES string of the molecule is Cc1cc(-c2ccc[nH]2)nc(CCl)n1. The summed E-state index contributed by atoms with van der Waals surface area (Å²) in [5, 5.41) is 0. The second-order valence-electron chi connectivity index (χ2n) is 3.03. The summed E-state index contributed by atoms with van der Waals surface area (Å²) in [6.45, 7) is 1.93. The minimum Gasteiger partial charge on any atom is -0.360 e. The van der Waals surface area contributed by atoms with E-state index in [1.165, 1.54) is 0 Å². The Bertz CT molecular complexity index is 423. The molecule has 2 aromatic rings. The number of nitrogens with zero attached hydrogens (tertiary/aromatic N) is 2. The van der Waals surface area contributed by atoms with Gasteiger partial charge in [0.25, 0.3) is 0 Å². The van der Waals surface area contributed by atoms with Gasteiger partial charge in [-0.1, -0.05) is 0 Å². The predicted octanol–water partition coefficient (Wildman–Crippen LogP) is 2.52. The molecule has 0 aromatic carbocycles. The van der Waals surface area contributed by atoms with Crippen LogP contribution in [0.2, 0.25) is 0 Å². The lowest BCUT2D eigenvalue weighted by atomic mass is 10.2. The van der Waals surface area contributed by atoms with Gasteiger partial charge in [-0.3, -0.25) is 0 Å². The van der Waals surface area contributed by atoms with Gasteiger partial charge in [-0.25, -0.2) is 9.97 Å². The Morgan fingerprint density at radius 3 is 2.93 bits per heavy atom. The highest BCUT2D eigenvalue weighted by Crippen LogP contribution is 2.15. The van der Waals surface area contributed by atoms with E-state index in [1.807, 2.05) is 31.3 Å². The zero-order valence-corrected chi connectivity index (χ0v) is 8.54. The van der Waals surface area contributed by atoms with Gasteiger partial charge in [-0.15, -0.1) is 11.6 Å². The second kappa shape index (κ2) is 3.80. The maximum absolute atomic E-state index is 5.70. The largest absolute Gasteiger partial charge is 0.360 e. The van der Waals surface area contributed by atoms with Crippen LogP contribution in [-0.2, 0) is 5.88 Å². The quantitative estimate of drug-likeness (QED) is 0.769. The lowest BCUT2D eigenvalue weighted by Gasteiger charge is -2.01. The first-order chi connectivity index (χ1) is 6.79. The Labute approximate surface area is 87.2 Å². The van der Waals surface area contributed by atoms with Crippen LogP contribution in [0.5, 0.6) is 0 Å². The maximum atomic E-state index is 5.70. The number of halogens is 1. The van der Waals surface area contributed by atoms with Crippen LogP contribution in [0, 0.1) is 6.92 Å². The van der Waals surface area contributed by atoms with Gasteiger partial charge in [-0.05, 0) is 25.1 Å². The number of aromatic nitrogens is 3. The van der Waals surface area contributed by atoms with E-state index in [0.29, 0.717) is 11.7 Å². The molecule has 2 rings (SSSR count). The molecule has 0 atom stereocenters. The fraction of sp³-hybridized carbons (Fsp3) is 0.200. The Kier molecular flexibility index (Phi) is 2.50. The molecule has 4 heteroatoms. The molecule has 0 fully saturated rings. The van der Waals surface area contributed by atoms with E-state index >= 15 is 0 Å². The number of alkyl halides is 1. The van der Waals surface area contributed by atoms with Crippen molar-refractivity contribution in [3.8, 4) is 11.4 Å². The monoisotopic (exact) mass is 207 g/mol. The minimum absolute atomic E-state index is 0.343. The van der Waals surface area contributed by atoms with E-state index in [2.05, 4.69) is 15.0 Å². The van der Waals surface area contributed by atoms with Gasteiger partial charge in [0.2, 0.25) is 0 Å². The number of nitrogens with one attached hydrogen (secondary N) is 1. The van der Waals surface area contributed by atoms with Gasteiger partial charge in [0.05, 0.1) is 17.3 Å². The van der Waals surface area contributed by atoms with Crippen LogP contribution in [0.25, 0.3) is 11.4 Å². The maximum Gasteiger partial charge on any atom is 0.144 e. The van der Waals surface area contributed by atoms with Crippen molar-refractivity contribution >= 4 is 11.6 Å². The van der Waals surface area contributed by atoms with Crippen LogP contribution in [0.15, 0.2) is 24.4 Å². The van der Waals surface area contributed by atoms with Crippen molar-refractivity contribution in [3.05, 3.63) is 35.9 Å². The van der Waals surface area contributed by atoms with Crippen LogP contribution in [0.4, 0.5) is 0 Å². The Morgan fingerprint density at radius 1 is 1.43 bits per heavy atom. The third-order valence-electron chi connectivity index (χ3n) is 1.89. The highest BCUT2D eigenvalue weighted by molar-refractivity contribution is 6.16. The smallest absolute Gasteiger partial charge is 0.144 e. The van der Waals surface area contributed by atoms with Crippen molar-refractivity contribution in [3.63, 3.8) is 0 Å². The molecule has 0 unspecified atom stereocenters. The van der Waals surface area contributed by atoms with E-state index in [-0.39, 0.29) is 0 Å². The summed E-state index contributed by atoms with van der Waals surface area (Å²) in [7, 11) is 0. The highest BCUT2D eigenvalue weighted by atomic mass is 35.5. The van der Waals surface area contributed by atoms with Crippen molar-refractivity contribution < 1.29 is 0 Å². The van der Waals surface area contributed by atoms with Crippen LogP contribution >= 0.6 is 11.6 Å². The molecule has 2 heterocycles. The van der Waals surface area contributed by atoms with E-state index in [1.54, 1.807) is 0 Å². The molecule has 0 aliphatic carbocycles. The molecule has 2 aromatic heterocycles. The van der Waals surface area contributed by atoms with Crippen LogP contribution < -0.4 is 0 Å². The van der Waals surface area contributed by atoms with E-state index in [0.717, 1.165) is 17.1 Å². The van der Waals surface area contributed by atoms with Gasteiger partial charge in [0.15, 0.2) is 0 Å². The zero-order valence-electron chi connectivity index (χ0n) is 7.79. The summed E-state index contributed by atoms with van der Waals surface area (Å²) in [6.07, 6.45) is 1.87. The van der Waals surface area contributed by atoms with Crippen molar-refractivity contribution in [1.29, 1.82) is 0 Å². The van der Waals surface area contributed by atoms with Crippen molar-refractivity contribution in [1.82, 2.24) is 15.0 Å². The average molecular weight is 208 g/mol. The molecule has 1 N–H and O–H groups in total. The Balaban J connectivity index is 2.48. The topological polar surface area (TPSA) is 41.6 Å². The van der Waals surface area contributed by atoms with Gasteiger partial charge in [0.1, 0.15) is 5.82 Å². The molecule has 14 heavy (non-hydrogen) atoms. The molecule has 0 amide bonds. The summed E-state index contributed by atoms with van der Waals surface area (Å²) < 4.78 is 0. The first kappa shape index (κ1) is 9.21. The lowest BCUT2D eigenvalue weighted by molar-refractivity contribution is 0.993. The molecule has 0 radical (unpaired) electrons. The number of hydrogen-bond donors (Lipinski definition) is 1. The van der Waals surface area contributed by atoms with Gasteiger partial charge in [-0.2, -0.15) is 0 Å². The normalized spacial score (nSPS) is 10.4. The molecular formula is C10H10ClN3. The number of hydrogen-bond acceptors (Lipinski definition) is 2. The molecule has 0 saturated heterocycles. The van der Waals surface area contributed by atoms with E-state index in [4.69, 9.17) is 11.6 Å². The van der Waals surface area contributed by atoms with E-state index in [9.17, 15) is 0 Å². The van der Waals surface area contributed by atoms with Gasteiger partial charge >= 0.3 is 0 Å². The summed E-state index contributed by atoms with van der Waals surface area (Å²) in [5.41, 5.74) is 2.81. The number of aryl methyl sites for hydroxylation is 1. The second-order valence-corrected chi connectivity index (χ2v) is 3.30. The van der Waals surface area contributed by atoms with Crippen LogP contribution in [0.1, 0.15) is 11.5 Å². The minimum atomic E-state index is 0.343. The fourth-order valence-corrected chi connectivity index (χ4v) is 1.44. The van der Waals surface area contributed by atoms with Gasteiger partial charge < -0.3 is 4.98 Å². The summed E-state index contributed by atoms with van der Waals surface area (Å²) in [5.74, 6) is 1.01. The molecule has 0 bridgehead atoms. The summed E-state index contributed by atoms with van der Waals surface area (Å²) >= 11 is 5.70. The standard InChI is InChI=1S/C10H10ClN3/c1-7-5-9(8-3-2-4-12-8)14-10(6-11)13-7/h2-5,12H,6H2,1H3. The molecule has 3 nitrogen and oxygen atoms in total. The van der Waals surface area contributed by atoms with Crippen molar-refractivity contribution in [2.45, 2.75) is 12.8 Å². The predicted molar refractivity (Wildman–Crippen MR) is 56.1 cm³/mol. The van der Waals surface area contributed by atoms with Crippen molar-refractivity contribution in [2.24, 2.45) is 0 Å². The summed E-state index contributed by atoms with van der Waals surface area (Å²) in [4.78, 5) is 11.6. The number of rotatable bonds is 2. The number of H-pyrrole nitrogens is 1. The highest BCUT2D eigenvalue weighted by Gasteiger charge is 2.03. The molecule has 0 aliphatic heterocycles.